The molecule has 2 nitrogen and oxygen atoms in total. The zero-order valence-corrected chi connectivity index (χ0v) is 13.0. The fourth-order valence-electron chi connectivity index (χ4n) is 3.39. The van der Waals surface area contributed by atoms with Crippen molar-refractivity contribution in [3.63, 3.8) is 0 Å². The Kier molecular flexibility index (Phi) is 6.65. The molecule has 1 rings (SSSR count). The van der Waals surface area contributed by atoms with Gasteiger partial charge in [-0.15, -0.1) is 0 Å². The molecule has 1 aliphatic rings. The summed E-state index contributed by atoms with van der Waals surface area (Å²) in [7, 11) is 0. The van der Waals surface area contributed by atoms with Crippen molar-refractivity contribution in [3.05, 3.63) is 0 Å². The van der Waals surface area contributed by atoms with Gasteiger partial charge < -0.3 is 10.6 Å². The summed E-state index contributed by atoms with van der Waals surface area (Å²) in [6, 6.07) is 0.748. The second kappa shape index (κ2) is 7.49. The number of nitrogens with two attached hydrogens (primary N) is 1. The summed E-state index contributed by atoms with van der Waals surface area (Å²) in [6.07, 6.45) is 8.88. The summed E-state index contributed by atoms with van der Waals surface area (Å²) in [5.74, 6) is 0.753. The van der Waals surface area contributed by atoms with Crippen molar-refractivity contribution in [2.45, 2.75) is 84.2 Å². The molecular weight excluding hydrogens is 220 g/mol. The minimum atomic E-state index is 0.154. The van der Waals surface area contributed by atoms with Crippen LogP contribution in [0.5, 0.6) is 0 Å². The van der Waals surface area contributed by atoms with Crippen molar-refractivity contribution in [2.75, 3.05) is 13.1 Å². The highest BCUT2D eigenvalue weighted by Crippen LogP contribution is 2.30. The number of rotatable bonds is 8. The van der Waals surface area contributed by atoms with Gasteiger partial charge in [0, 0.05) is 24.7 Å². The van der Waals surface area contributed by atoms with E-state index in [2.05, 4.69) is 32.6 Å². The lowest BCUT2D eigenvalue weighted by Gasteiger charge is -2.35. The van der Waals surface area contributed by atoms with Gasteiger partial charge in [-0.3, -0.25) is 0 Å². The highest BCUT2D eigenvalue weighted by molar-refractivity contribution is 4.90. The van der Waals surface area contributed by atoms with Gasteiger partial charge in [0.2, 0.25) is 0 Å². The Labute approximate surface area is 114 Å². The van der Waals surface area contributed by atoms with E-state index in [0.717, 1.165) is 12.0 Å². The summed E-state index contributed by atoms with van der Waals surface area (Å²) >= 11 is 0. The predicted octanol–water partition coefficient (Wildman–Crippen LogP) is 3.79. The smallest absolute Gasteiger partial charge is 0.0166 e. The van der Waals surface area contributed by atoms with Gasteiger partial charge in [0.05, 0.1) is 0 Å². The highest BCUT2D eigenvalue weighted by Gasteiger charge is 2.30. The van der Waals surface area contributed by atoms with Crippen LogP contribution in [-0.4, -0.2) is 29.6 Å². The maximum absolute atomic E-state index is 6.49. The minimum Gasteiger partial charge on any atom is -0.325 e. The zero-order chi connectivity index (χ0) is 13.6. The Hall–Kier alpha value is -0.0800. The van der Waals surface area contributed by atoms with E-state index in [1.54, 1.807) is 0 Å². The number of hydrogen-bond donors (Lipinski definition) is 1. The van der Waals surface area contributed by atoms with Gasteiger partial charge in [-0.1, -0.05) is 40.5 Å². The molecule has 0 atom stereocenters. The summed E-state index contributed by atoms with van der Waals surface area (Å²) in [6.45, 7) is 11.7. The topological polar surface area (TPSA) is 29.3 Å². The molecule has 0 aromatic carbocycles. The van der Waals surface area contributed by atoms with E-state index in [-0.39, 0.29) is 5.54 Å². The zero-order valence-electron chi connectivity index (χ0n) is 13.0. The highest BCUT2D eigenvalue weighted by atomic mass is 15.2. The van der Waals surface area contributed by atoms with Gasteiger partial charge in [0.15, 0.2) is 0 Å². The first-order chi connectivity index (χ1) is 8.50. The predicted molar refractivity (Wildman–Crippen MR) is 80.8 cm³/mol. The average molecular weight is 254 g/mol. The molecular formula is C16H34N2. The molecule has 0 unspecified atom stereocenters. The van der Waals surface area contributed by atoms with Crippen LogP contribution in [0.15, 0.2) is 0 Å². The van der Waals surface area contributed by atoms with Crippen LogP contribution in [0.25, 0.3) is 0 Å². The van der Waals surface area contributed by atoms with E-state index in [0.29, 0.717) is 0 Å². The van der Waals surface area contributed by atoms with Crippen molar-refractivity contribution in [3.8, 4) is 0 Å². The van der Waals surface area contributed by atoms with Crippen LogP contribution in [0, 0.1) is 5.92 Å². The monoisotopic (exact) mass is 254 g/mol. The fraction of sp³-hybridized carbons (Fsp3) is 1.00. The Morgan fingerprint density at radius 3 is 2.11 bits per heavy atom. The Morgan fingerprint density at radius 2 is 1.67 bits per heavy atom. The first-order valence-electron chi connectivity index (χ1n) is 8.03. The standard InChI is InChI=1S/C16H34N2/c1-5-15(6-2)18(13-14(3)4)12-11-16(17)9-7-8-10-16/h14-15H,5-13,17H2,1-4H3. The maximum atomic E-state index is 6.49. The molecule has 108 valence electrons. The molecule has 0 bridgehead atoms. The Morgan fingerprint density at radius 1 is 1.11 bits per heavy atom. The van der Waals surface area contributed by atoms with Crippen molar-refractivity contribution < 1.29 is 0 Å². The lowest BCUT2D eigenvalue weighted by molar-refractivity contribution is 0.150. The molecule has 1 fully saturated rings. The van der Waals surface area contributed by atoms with Crippen molar-refractivity contribution in [1.82, 2.24) is 4.90 Å². The third-order valence-corrected chi connectivity index (χ3v) is 4.55. The Balaban J connectivity index is 2.49. The van der Waals surface area contributed by atoms with Gasteiger partial charge in [-0.2, -0.15) is 0 Å². The molecule has 0 heterocycles. The molecule has 0 aromatic heterocycles. The third-order valence-electron chi connectivity index (χ3n) is 4.55. The quantitative estimate of drug-likeness (QED) is 0.714. The maximum Gasteiger partial charge on any atom is 0.0166 e. The molecule has 0 aromatic rings. The van der Waals surface area contributed by atoms with Crippen LogP contribution in [0.1, 0.15) is 72.6 Å². The molecule has 0 amide bonds. The summed E-state index contributed by atoms with van der Waals surface area (Å²) in [4.78, 5) is 2.69. The lowest BCUT2D eigenvalue weighted by Crippen LogP contribution is -2.44. The molecule has 2 heteroatoms. The van der Waals surface area contributed by atoms with E-state index in [4.69, 9.17) is 5.73 Å². The molecule has 0 saturated heterocycles. The van der Waals surface area contributed by atoms with Crippen molar-refractivity contribution >= 4 is 0 Å². The number of nitrogens with zero attached hydrogens (tertiary/aromatic N) is 1. The van der Waals surface area contributed by atoms with E-state index in [9.17, 15) is 0 Å². The summed E-state index contributed by atoms with van der Waals surface area (Å²) in [5.41, 5.74) is 6.65. The second-order valence-electron chi connectivity index (χ2n) is 6.68. The Bertz CT molecular complexity index is 215. The number of hydrogen-bond acceptors (Lipinski definition) is 2. The van der Waals surface area contributed by atoms with Gasteiger partial charge in [0.25, 0.3) is 0 Å². The van der Waals surface area contributed by atoms with Crippen LogP contribution >= 0.6 is 0 Å². The molecule has 1 aliphatic carbocycles. The molecule has 2 N–H and O–H groups in total. The SMILES string of the molecule is CCC(CC)N(CCC1(N)CCCC1)CC(C)C. The van der Waals surface area contributed by atoms with Gasteiger partial charge in [-0.25, -0.2) is 0 Å². The van der Waals surface area contributed by atoms with Crippen LogP contribution in [0.4, 0.5) is 0 Å². The summed E-state index contributed by atoms with van der Waals surface area (Å²) in [5, 5.41) is 0. The average Bonchev–Trinajstić information content (AvgIpc) is 2.74. The van der Waals surface area contributed by atoms with Gasteiger partial charge in [0.1, 0.15) is 0 Å². The minimum absolute atomic E-state index is 0.154. The van der Waals surface area contributed by atoms with E-state index in [1.165, 1.54) is 58.0 Å². The van der Waals surface area contributed by atoms with Crippen LogP contribution in [0.3, 0.4) is 0 Å². The van der Waals surface area contributed by atoms with Crippen LogP contribution in [-0.2, 0) is 0 Å². The second-order valence-corrected chi connectivity index (χ2v) is 6.68. The molecule has 0 spiro atoms. The molecule has 18 heavy (non-hydrogen) atoms. The van der Waals surface area contributed by atoms with E-state index in [1.807, 2.05) is 0 Å². The van der Waals surface area contributed by atoms with Crippen molar-refractivity contribution in [1.29, 1.82) is 0 Å². The van der Waals surface area contributed by atoms with Crippen molar-refractivity contribution in [2.24, 2.45) is 11.7 Å². The largest absolute Gasteiger partial charge is 0.325 e. The first-order valence-corrected chi connectivity index (χ1v) is 8.03. The van der Waals surface area contributed by atoms with Gasteiger partial charge >= 0.3 is 0 Å². The van der Waals surface area contributed by atoms with E-state index < -0.39 is 0 Å². The van der Waals surface area contributed by atoms with E-state index >= 15 is 0 Å². The third kappa shape index (κ3) is 4.89. The molecule has 0 radical (unpaired) electrons. The normalized spacial score (nSPS) is 19.3. The first kappa shape index (κ1) is 16.0. The van der Waals surface area contributed by atoms with Crippen LogP contribution in [0.2, 0.25) is 0 Å². The van der Waals surface area contributed by atoms with Gasteiger partial charge in [-0.05, 0) is 38.0 Å². The molecule has 0 aliphatic heterocycles. The van der Waals surface area contributed by atoms with Crippen LogP contribution < -0.4 is 5.73 Å². The lowest BCUT2D eigenvalue weighted by atomic mass is 9.93. The molecule has 1 saturated carbocycles. The fourth-order valence-corrected chi connectivity index (χ4v) is 3.39. The summed E-state index contributed by atoms with van der Waals surface area (Å²) < 4.78 is 0.